The molecule has 1 unspecified atom stereocenters. The Bertz CT molecular complexity index is 474. The van der Waals surface area contributed by atoms with Crippen molar-refractivity contribution in [3.05, 3.63) is 21.2 Å². The van der Waals surface area contributed by atoms with Crippen molar-refractivity contribution in [1.29, 1.82) is 0 Å². The smallest absolute Gasteiger partial charge is 0.357 e. The summed E-state index contributed by atoms with van der Waals surface area (Å²) in [7, 11) is -3.21. The van der Waals surface area contributed by atoms with Crippen molar-refractivity contribution in [1.82, 2.24) is 15.2 Å². The largest absolute Gasteiger partial charge is 0.423 e. The number of nitrogens with one attached hydrogen (secondary N) is 2. The fraction of sp³-hybridized carbons (Fsp3) is 0.667. The first-order valence-electron chi connectivity index (χ1n) is 5.90. The van der Waals surface area contributed by atoms with Gasteiger partial charge in [-0.3, -0.25) is 4.57 Å². The van der Waals surface area contributed by atoms with E-state index in [9.17, 15) is 14.7 Å². The minimum Gasteiger partial charge on any atom is -0.357 e. The highest BCUT2D eigenvalue weighted by atomic mass is 35.5. The van der Waals surface area contributed by atoms with Gasteiger partial charge in [0.1, 0.15) is 0 Å². The Kier molecular flexibility index (Phi) is 7.57. The fourth-order valence-corrected chi connectivity index (χ4v) is 3.69. The lowest BCUT2D eigenvalue weighted by molar-refractivity contribution is -0.384. The molecule has 8 nitrogen and oxygen atoms in total. The molecule has 0 aliphatic rings. The average molecular weight is 343 g/mol. The Morgan fingerprint density at radius 3 is 2.80 bits per heavy atom. The van der Waals surface area contributed by atoms with Crippen LogP contribution in [-0.2, 0) is 15.7 Å². The molecular weight excluding hydrogens is 327 g/mol. The van der Waals surface area contributed by atoms with Crippen LogP contribution in [-0.4, -0.2) is 28.9 Å². The fourth-order valence-electron chi connectivity index (χ4n) is 1.20. The molecule has 114 valence electrons. The van der Waals surface area contributed by atoms with E-state index in [4.69, 9.17) is 16.1 Å². The maximum absolute atomic E-state index is 12.4. The van der Waals surface area contributed by atoms with E-state index in [2.05, 4.69) is 15.2 Å². The van der Waals surface area contributed by atoms with E-state index >= 15 is 0 Å². The van der Waals surface area contributed by atoms with Crippen molar-refractivity contribution in [2.24, 2.45) is 0 Å². The van der Waals surface area contributed by atoms with Crippen LogP contribution in [0.25, 0.3) is 0 Å². The molecule has 0 aliphatic carbocycles. The molecule has 0 amide bonds. The summed E-state index contributed by atoms with van der Waals surface area (Å²) < 4.78 is 17.7. The van der Waals surface area contributed by atoms with Gasteiger partial charge in [-0.1, -0.05) is 6.92 Å². The first kappa shape index (κ1) is 17.5. The van der Waals surface area contributed by atoms with Gasteiger partial charge in [0.2, 0.25) is 0 Å². The monoisotopic (exact) mass is 342 g/mol. The summed E-state index contributed by atoms with van der Waals surface area (Å²) in [5, 5.41) is 15.8. The minimum absolute atomic E-state index is 0.0191. The highest BCUT2D eigenvalue weighted by Crippen LogP contribution is 2.39. The van der Waals surface area contributed by atoms with E-state index in [0.717, 1.165) is 17.8 Å². The van der Waals surface area contributed by atoms with Crippen LogP contribution in [0.1, 0.15) is 18.2 Å². The van der Waals surface area contributed by atoms with Gasteiger partial charge >= 0.3 is 12.8 Å². The summed E-state index contributed by atoms with van der Waals surface area (Å²) in [4.78, 5) is 14.1. The summed E-state index contributed by atoms with van der Waals surface area (Å²) >= 11 is 6.44. The maximum atomic E-state index is 12.4. The van der Waals surface area contributed by atoms with Gasteiger partial charge in [0.25, 0.3) is 0 Å². The van der Waals surface area contributed by atoms with Crippen molar-refractivity contribution in [3.63, 3.8) is 0 Å². The molecule has 11 heteroatoms. The van der Waals surface area contributed by atoms with Crippen LogP contribution in [0, 0.1) is 10.1 Å². The van der Waals surface area contributed by atoms with E-state index in [0.29, 0.717) is 23.8 Å². The predicted octanol–water partition coefficient (Wildman–Crippen LogP) is 2.50. The zero-order valence-corrected chi connectivity index (χ0v) is 13.3. The van der Waals surface area contributed by atoms with Crippen LogP contribution >= 0.6 is 30.6 Å². The third kappa shape index (κ3) is 5.82. The number of halogens is 1. The van der Waals surface area contributed by atoms with Crippen LogP contribution < -0.4 is 10.2 Å². The van der Waals surface area contributed by atoms with Crippen molar-refractivity contribution in [3.8, 4) is 0 Å². The molecule has 0 saturated heterocycles. The van der Waals surface area contributed by atoms with Crippen LogP contribution in [0.2, 0.25) is 0 Å². The molecule has 1 aromatic heterocycles. The van der Waals surface area contributed by atoms with Gasteiger partial charge in [-0.2, -0.15) is 0 Å². The molecule has 1 aromatic rings. The summed E-state index contributed by atoms with van der Waals surface area (Å²) in [5.41, 5.74) is 0. The topological polar surface area (TPSA) is 106 Å². The Balaban J connectivity index is 2.59. The number of nitrogens with zero attached hydrogens (tertiary/aromatic N) is 2. The van der Waals surface area contributed by atoms with Crippen molar-refractivity contribution in [2.75, 3.05) is 19.0 Å². The number of alkyl halides is 1. The van der Waals surface area contributed by atoms with Gasteiger partial charge < -0.3 is 14.6 Å². The molecule has 2 N–H and O–H groups in total. The number of rotatable bonds is 10. The molecule has 0 spiro atoms. The molecule has 0 aromatic carbocycles. The van der Waals surface area contributed by atoms with Crippen LogP contribution in [0.4, 0.5) is 5.13 Å². The van der Waals surface area contributed by atoms with E-state index in [1.807, 2.05) is 6.92 Å². The molecule has 0 aliphatic heterocycles. The van der Waals surface area contributed by atoms with E-state index in [1.165, 1.54) is 6.20 Å². The SMILES string of the molecule is CCCNP(=O)(NCCCl)OCc1cnc([N+](=O)[O-])s1. The molecule has 0 saturated carbocycles. The molecule has 1 atom stereocenters. The molecule has 0 fully saturated rings. The normalized spacial score (nSPS) is 14.1. The predicted molar refractivity (Wildman–Crippen MR) is 78.2 cm³/mol. The summed E-state index contributed by atoms with van der Waals surface area (Å²) in [5.74, 6) is 0.299. The van der Waals surface area contributed by atoms with Crippen molar-refractivity contribution < 1.29 is 14.0 Å². The Morgan fingerprint density at radius 2 is 2.25 bits per heavy atom. The number of aromatic nitrogens is 1. The Hall–Kier alpha value is -0.570. The van der Waals surface area contributed by atoms with Crippen LogP contribution in [0.15, 0.2) is 6.20 Å². The lowest BCUT2D eigenvalue weighted by Gasteiger charge is -2.19. The maximum Gasteiger partial charge on any atom is 0.423 e. The molecule has 1 heterocycles. The zero-order chi connectivity index (χ0) is 15.0. The highest BCUT2D eigenvalue weighted by molar-refractivity contribution is 7.54. The molecule has 20 heavy (non-hydrogen) atoms. The van der Waals surface area contributed by atoms with E-state index < -0.39 is 12.6 Å². The van der Waals surface area contributed by atoms with Gasteiger partial charge in [-0.15, -0.1) is 11.6 Å². The number of thiazole rings is 1. The third-order valence-electron chi connectivity index (χ3n) is 2.07. The quantitative estimate of drug-likeness (QED) is 0.291. The first-order chi connectivity index (χ1) is 9.50. The second kappa shape index (κ2) is 8.66. The number of hydrogen-bond donors (Lipinski definition) is 2. The van der Waals surface area contributed by atoms with Gasteiger partial charge in [0.05, 0.1) is 11.5 Å². The molecular formula is C9H16ClN4O4PS. The van der Waals surface area contributed by atoms with Gasteiger partial charge in [-0.25, -0.2) is 10.2 Å². The Labute approximate surface area is 125 Å². The molecule has 1 rings (SSSR count). The first-order valence-corrected chi connectivity index (χ1v) is 8.88. The standard InChI is InChI=1S/C9H16ClN4O4PS/c1-2-4-12-19(17,13-5-3-10)18-7-8-6-11-9(20-8)14(15)16/h6H,2-5,7H2,1H3,(H2,12,13,17). The average Bonchev–Trinajstić information content (AvgIpc) is 2.90. The summed E-state index contributed by atoms with van der Waals surface area (Å²) in [6.07, 6.45) is 2.14. The lowest BCUT2D eigenvalue weighted by atomic mass is 10.5. The molecule has 0 radical (unpaired) electrons. The van der Waals surface area contributed by atoms with E-state index in [1.54, 1.807) is 0 Å². The van der Waals surface area contributed by atoms with Gasteiger partial charge in [-0.05, 0) is 27.7 Å². The summed E-state index contributed by atoms with van der Waals surface area (Å²) in [6, 6.07) is 0. The van der Waals surface area contributed by atoms with Gasteiger partial charge in [0.15, 0.2) is 6.20 Å². The minimum atomic E-state index is -3.21. The zero-order valence-electron chi connectivity index (χ0n) is 10.9. The van der Waals surface area contributed by atoms with Crippen molar-refractivity contribution >= 4 is 35.7 Å². The second-order valence-electron chi connectivity index (χ2n) is 3.70. The van der Waals surface area contributed by atoms with Crippen molar-refractivity contribution in [2.45, 2.75) is 20.0 Å². The highest BCUT2D eigenvalue weighted by Gasteiger charge is 2.23. The second-order valence-corrected chi connectivity index (χ2v) is 7.16. The van der Waals surface area contributed by atoms with Crippen LogP contribution in [0.5, 0.6) is 0 Å². The van der Waals surface area contributed by atoms with Gasteiger partial charge in [0, 0.05) is 19.0 Å². The number of nitro groups is 1. The lowest BCUT2D eigenvalue weighted by Crippen LogP contribution is -2.26. The number of hydrogen-bond acceptors (Lipinski definition) is 6. The van der Waals surface area contributed by atoms with Crippen LogP contribution in [0.3, 0.4) is 0 Å². The van der Waals surface area contributed by atoms with E-state index in [-0.39, 0.29) is 11.7 Å². The third-order valence-corrected chi connectivity index (χ3v) is 4.95. The summed E-state index contributed by atoms with van der Waals surface area (Å²) in [6.45, 7) is 2.77. The Morgan fingerprint density at radius 1 is 1.55 bits per heavy atom. The molecule has 0 bridgehead atoms.